The van der Waals surface area contributed by atoms with Crippen LogP contribution in [0, 0.1) is 0 Å². The Hall–Kier alpha value is -3.19. The van der Waals surface area contributed by atoms with Crippen LogP contribution in [0.25, 0.3) is 0 Å². The molecule has 0 aliphatic carbocycles. The van der Waals surface area contributed by atoms with Crippen LogP contribution in [0.4, 0.5) is 10.5 Å². The minimum Gasteiger partial charge on any atom is -0.319 e. The van der Waals surface area contributed by atoms with Crippen molar-refractivity contribution in [3.05, 3.63) is 78.4 Å². The number of pyridine rings is 1. The Morgan fingerprint density at radius 1 is 1.07 bits per heavy atom. The van der Waals surface area contributed by atoms with Gasteiger partial charge in [-0.25, -0.2) is 4.79 Å². The van der Waals surface area contributed by atoms with E-state index >= 15 is 0 Å². The summed E-state index contributed by atoms with van der Waals surface area (Å²) in [6, 6.07) is 13.5. The van der Waals surface area contributed by atoms with Gasteiger partial charge in [0.25, 0.3) is 0 Å². The highest BCUT2D eigenvalue weighted by Crippen LogP contribution is 2.13. The summed E-state index contributed by atoms with van der Waals surface area (Å²) in [6.45, 7) is 2.59. The van der Waals surface area contributed by atoms with E-state index in [1.54, 1.807) is 23.5 Å². The molecule has 1 N–H and O–H groups in total. The largest absolute Gasteiger partial charge is 0.322 e. The lowest BCUT2D eigenvalue weighted by Gasteiger charge is -2.25. The second-order valence-electron chi connectivity index (χ2n) is 6.92. The number of likely N-dealkylation sites (N-methyl/N-ethyl adjacent to an activating group) is 1. The maximum absolute atomic E-state index is 12.9. The van der Waals surface area contributed by atoms with Crippen molar-refractivity contribution in [2.24, 2.45) is 0 Å². The molecule has 0 aliphatic heterocycles. The van der Waals surface area contributed by atoms with E-state index < -0.39 is 0 Å². The van der Waals surface area contributed by atoms with Crippen LogP contribution in [0.3, 0.4) is 0 Å². The standard InChI is InChI=1S/C21H26N6O/c1-25(2)12-13-26(16-19-7-4-9-22-15-19)21(28)24-20-8-3-6-18(14-20)17-27-11-5-10-23-27/h3-11,14-15H,12-13,16-17H2,1-2H3,(H,24,28). The van der Waals surface area contributed by atoms with Gasteiger partial charge in [0.2, 0.25) is 0 Å². The Kier molecular flexibility index (Phi) is 6.75. The number of rotatable bonds is 8. The SMILES string of the molecule is CN(C)CCN(Cc1cccnc1)C(=O)Nc1cccc(Cn2cccn2)c1. The average Bonchev–Trinajstić information content (AvgIpc) is 3.19. The van der Waals surface area contributed by atoms with Crippen LogP contribution >= 0.6 is 0 Å². The van der Waals surface area contributed by atoms with Crippen LogP contribution in [0.2, 0.25) is 0 Å². The number of hydrogen-bond acceptors (Lipinski definition) is 4. The van der Waals surface area contributed by atoms with Crippen LogP contribution in [0.1, 0.15) is 11.1 Å². The molecule has 2 aromatic heterocycles. The Bertz CT molecular complexity index is 864. The Balaban J connectivity index is 1.68. The second kappa shape index (κ2) is 9.66. The summed E-state index contributed by atoms with van der Waals surface area (Å²) in [6.07, 6.45) is 7.20. The van der Waals surface area contributed by atoms with Crippen molar-refractivity contribution < 1.29 is 4.79 Å². The number of nitrogens with one attached hydrogen (secondary N) is 1. The first-order valence-electron chi connectivity index (χ1n) is 9.26. The minimum absolute atomic E-state index is 0.123. The fourth-order valence-corrected chi connectivity index (χ4v) is 2.82. The monoisotopic (exact) mass is 378 g/mol. The van der Waals surface area contributed by atoms with E-state index in [4.69, 9.17) is 0 Å². The Labute approximate surface area is 165 Å². The molecule has 3 rings (SSSR count). The Morgan fingerprint density at radius 2 is 1.93 bits per heavy atom. The van der Waals surface area contributed by atoms with Crippen LogP contribution in [-0.4, -0.2) is 57.8 Å². The summed E-state index contributed by atoms with van der Waals surface area (Å²) in [7, 11) is 4.00. The molecule has 0 aliphatic rings. The molecule has 146 valence electrons. The van der Waals surface area contributed by atoms with Crippen LogP contribution in [0.15, 0.2) is 67.3 Å². The first-order chi connectivity index (χ1) is 13.6. The Morgan fingerprint density at radius 3 is 2.64 bits per heavy atom. The van der Waals surface area contributed by atoms with E-state index in [0.29, 0.717) is 19.6 Å². The maximum atomic E-state index is 12.9. The topological polar surface area (TPSA) is 66.3 Å². The highest BCUT2D eigenvalue weighted by Gasteiger charge is 2.15. The van der Waals surface area contributed by atoms with Gasteiger partial charge >= 0.3 is 6.03 Å². The number of carbonyl (C=O) groups excluding carboxylic acids is 1. The number of hydrogen-bond donors (Lipinski definition) is 1. The molecule has 0 atom stereocenters. The van der Waals surface area contributed by atoms with Gasteiger partial charge in [-0.1, -0.05) is 18.2 Å². The molecule has 0 saturated heterocycles. The summed E-state index contributed by atoms with van der Waals surface area (Å²) in [5.41, 5.74) is 2.85. The fraction of sp³-hybridized carbons (Fsp3) is 0.286. The molecule has 0 bridgehead atoms. The number of anilines is 1. The number of carbonyl (C=O) groups is 1. The number of urea groups is 1. The average molecular weight is 378 g/mol. The molecule has 0 spiro atoms. The van der Waals surface area contributed by atoms with Gasteiger partial charge in [-0.15, -0.1) is 0 Å². The van der Waals surface area contributed by atoms with Crippen molar-refractivity contribution in [1.82, 2.24) is 24.6 Å². The van der Waals surface area contributed by atoms with E-state index in [9.17, 15) is 4.79 Å². The summed E-state index contributed by atoms with van der Waals surface area (Å²) in [5, 5.41) is 7.25. The second-order valence-corrected chi connectivity index (χ2v) is 6.92. The molecule has 7 nitrogen and oxygen atoms in total. The number of benzene rings is 1. The third kappa shape index (κ3) is 5.92. The molecule has 2 amide bonds. The molecule has 0 saturated carbocycles. The van der Waals surface area contributed by atoms with Crippen LogP contribution < -0.4 is 5.32 Å². The lowest BCUT2D eigenvalue weighted by molar-refractivity contribution is 0.202. The van der Waals surface area contributed by atoms with Gasteiger partial charge in [0, 0.05) is 50.1 Å². The third-order valence-electron chi connectivity index (χ3n) is 4.28. The van der Waals surface area contributed by atoms with Gasteiger partial charge < -0.3 is 15.1 Å². The predicted molar refractivity (Wildman–Crippen MR) is 110 cm³/mol. The molecule has 2 heterocycles. The van der Waals surface area contributed by atoms with E-state index in [-0.39, 0.29) is 6.03 Å². The lowest BCUT2D eigenvalue weighted by atomic mass is 10.2. The smallest absolute Gasteiger partial charge is 0.319 e. The predicted octanol–water partition coefficient (Wildman–Crippen LogP) is 2.92. The van der Waals surface area contributed by atoms with Crippen LogP contribution in [0.5, 0.6) is 0 Å². The third-order valence-corrected chi connectivity index (χ3v) is 4.28. The number of aromatic nitrogens is 3. The molecule has 1 aromatic carbocycles. The van der Waals surface area contributed by atoms with Crippen molar-refractivity contribution in [1.29, 1.82) is 0 Å². The first kappa shape index (κ1) is 19.6. The van der Waals surface area contributed by atoms with E-state index in [1.807, 2.05) is 67.4 Å². The minimum atomic E-state index is -0.123. The zero-order valence-corrected chi connectivity index (χ0v) is 16.3. The van der Waals surface area contributed by atoms with Crippen molar-refractivity contribution in [3.8, 4) is 0 Å². The molecule has 0 fully saturated rings. The van der Waals surface area contributed by atoms with Gasteiger partial charge in [-0.05, 0) is 49.5 Å². The van der Waals surface area contributed by atoms with Gasteiger partial charge in [0.05, 0.1) is 6.54 Å². The summed E-state index contributed by atoms with van der Waals surface area (Å²) < 4.78 is 1.85. The van der Waals surface area contributed by atoms with Crippen LogP contribution in [-0.2, 0) is 13.1 Å². The summed E-state index contributed by atoms with van der Waals surface area (Å²) in [5.74, 6) is 0. The van der Waals surface area contributed by atoms with Crippen molar-refractivity contribution >= 4 is 11.7 Å². The summed E-state index contributed by atoms with van der Waals surface area (Å²) >= 11 is 0. The molecule has 0 radical (unpaired) electrons. The normalized spacial score (nSPS) is 10.8. The van der Waals surface area contributed by atoms with Crippen molar-refractivity contribution in [2.45, 2.75) is 13.1 Å². The van der Waals surface area contributed by atoms with E-state index in [2.05, 4.69) is 20.3 Å². The summed E-state index contributed by atoms with van der Waals surface area (Å²) in [4.78, 5) is 20.9. The molecule has 7 heteroatoms. The van der Waals surface area contributed by atoms with Crippen molar-refractivity contribution in [3.63, 3.8) is 0 Å². The fourth-order valence-electron chi connectivity index (χ4n) is 2.82. The quantitative estimate of drug-likeness (QED) is 0.654. The molecule has 3 aromatic rings. The molecular formula is C21H26N6O. The van der Waals surface area contributed by atoms with Gasteiger partial charge in [-0.3, -0.25) is 9.67 Å². The molecule has 0 unspecified atom stereocenters. The van der Waals surface area contributed by atoms with Gasteiger partial charge in [-0.2, -0.15) is 5.10 Å². The van der Waals surface area contributed by atoms with Gasteiger partial charge in [0.1, 0.15) is 0 Å². The highest BCUT2D eigenvalue weighted by atomic mass is 16.2. The highest BCUT2D eigenvalue weighted by molar-refractivity contribution is 5.89. The number of nitrogens with zero attached hydrogens (tertiary/aromatic N) is 5. The van der Waals surface area contributed by atoms with Crippen molar-refractivity contribution in [2.75, 3.05) is 32.5 Å². The first-order valence-corrected chi connectivity index (χ1v) is 9.26. The zero-order valence-electron chi connectivity index (χ0n) is 16.3. The van der Waals surface area contributed by atoms with E-state index in [1.165, 1.54) is 0 Å². The van der Waals surface area contributed by atoms with E-state index in [0.717, 1.165) is 23.4 Å². The maximum Gasteiger partial charge on any atom is 0.322 e. The molecular weight excluding hydrogens is 352 g/mol. The van der Waals surface area contributed by atoms with Gasteiger partial charge in [0.15, 0.2) is 0 Å². The lowest BCUT2D eigenvalue weighted by Crippen LogP contribution is -2.39. The molecule has 28 heavy (non-hydrogen) atoms. The zero-order chi connectivity index (χ0) is 19.8. The number of amides is 2.